The van der Waals surface area contributed by atoms with Crippen LogP contribution in [0.5, 0.6) is 0 Å². The van der Waals surface area contributed by atoms with Gasteiger partial charge in [0.2, 0.25) is 0 Å². The Morgan fingerprint density at radius 3 is 3.20 bits per heavy atom. The molecule has 0 saturated heterocycles. The number of nitrogens with zero attached hydrogens (tertiary/aromatic N) is 1. The van der Waals surface area contributed by atoms with Crippen LogP contribution in [0.15, 0.2) is 4.76 Å². The minimum absolute atomic E-state index is 0.654. The molecule has 2 atom stereocenters. The summed E-state index contributed by atoms with van der Waals surface area (Å²) in [5, 5.41) is 0. The van der Waals surface area contributed by atoms with Crippen molar-refractivity contribution in [3.8, 4) is 0 Å². The van der Waals surface area contributed by atoms with E-state index in [2.05, 4.69) is 11.7 Å². The van der Waals surface area contributed by atoms with Crippen LogP contribution in [0.2, 0.25) is 0 Å². The van der Waals surface area contributed by atoms with E-state index in [1.165, 1.54) is 18.6 Å². The lowest BCUT2D eigenvalue weighted by atomic mass is 10.0. The average molecular weight is 159 g/mol. The lowest BCUT2D eigenvalue weighted by Gasteiger charge is -2.04. The second-order valence-electron chi connectivity index (χ2n) is 2.72. The van der Waals surface area contributed by atoms with Gasteiger partial charge in [0.1, 0.15) is 0 Å². The van der Waals surface area contributed by atoms with Crippen LogP contribution < -0.4 is 4.89 Å². The monoisotopic (exact) mass is 159 g/mol. The molecule has 2 unspecified atom stereocenters. The highest BCUT2D eigenvalue weighted by molar-refractivity contribution is 7.28. The minimum Gasteiger partial charge on any atom is -0.663 e. The molecular weight excluding hydrogens is 145 g/mol. The van der Waals surface area contributed by atoms with Gasteiger partial charge in [0.15, 0.2) is 0 Å². The molecule has 3 heteroatoms. The van der Waals surface area contributed by atoms with E-state index in [-0.39, 0.29) is 0 Å². The zero-order valence-electron chi connectivity index (χ0n) is 6.34. The normalized spacial score (nSPS) is 31.0. The fourth-order valence-corrected chi connectivity index (χ4v) is 2.05. The first-order valence-electron chi connectivity index (χ1n) is 3.88. The van der Waals surface area contributed by atoms with Crippen LogP contribution in [0, 0.1) is 5.92 Å². The van der Waals surface area contributed by atoms with Crippen molar-refractivity contribution in [2.24, 2.45) is 10.7 Å². The molecule has 0 spiro atoms. The van der Waals surface area contributed by atoms with E-state index >= 15 is 0 Å². The van der Waals surface area contributed by atoms with E-state index in [9.17, 15) is 4.89 Å². The van der Waals surface area contributed by atoms with E-state index < -0.39 is 8.96 Å². The van der Waals surface area contributed by atoms with Gasteiger partial charge < -0.3 is 4.89 Å². The number of rotatable bonds is 2. The van der Waals surface area contributed by atoms with Gasteiger partial charge in [-0.1, -0.05) is 6.92 Å². The summed E-state index contributed by atoms with van der Waals surface area (Å²) in [4.78, 5) is 10.2. The molecule has 0 aliphatic heterocycles. The van der Waals surface area contributed by atoms with Gasteiger partial charge in [-0.2, -0.15) is 0 Å². The summed E-state index contributed by atoms with van der Waals surface area (Å²) in [7, 11) is -0.900. The van der Waals surface area contributed by atoms with Gasteiger partial charge in [-0.3, -0.25) is 0 Å². The van der Waals surface area contributed by atoms with Crippen molar-refractivity contribution >= 4 is 14.7 Å². The third-order valence-electron chi connectivity index (χ3n) is 2.17. The predicted octanol–water partition coefficient (Wildman–Crippen LogP) is 1.24. The first-order chi connectivity index (χ1) is 4.88. The quantitative estimate of drug-likeness (QED) is 0.558. The molecule has 0 aromatic heterocycles. The lowest BCUT2D eigenvalue weighted by molar-refractivity contribution is -0.150. The molecule has 0 bridgehead atoms. The third kappa shape index (κ3) is 1.77. The highest BCUT2D eigenvalue weighted by Gasteiger charge is 2.20. The van der Waals surface area contributed by atoms with E-state index in [1.807, 2.05) is 0 Å². The van der Waals surface area contributed by atoms with Gasteiger partial charge in [-0.05, 0) is 25.7 Å². The molecule has 1 rings (SSSR count). The molecule has 1 aliphatic rings. The molecule has 0 aromatic rings. The maximum atomic E-state index is 10.2. The first-order valence-corrected chi connectivity index (χ1v) is 4.87. The standard InChI is InChI=1S/C7H14NOP/c1-2-6-4-3-5-7(6)8-10-9/h6H,2-5,10H2,1H3. The van der Waals surface area contributed by atoms with Crippen molar-refractivity contribution in [1.29, 1.82) is 0 Å². The van der Waals surface area contributed by atoms with Crippen molar-refractivity contribution in [2.45, 2.75) is 32.6 Å². The Bertz CT molecular complexity index is 136. The molecule has 2 nitrogen and oxygen atoms in total. The Morgan fingerprint density at radius 2 is 2.60 bits per heavy atom. The summed E-state index contributed by atoms with van der Waals surface area (Å²) < 4.78 is 4.02. The average Bonchev–Trinajstić information content (AvgIpc) is 2.36. The van der Waals surface area contributed by atoms with E-state index in [4.69, 9.17) is 0 Å². The Balaban J connectivity index is 2.49. The molecule has 10 heavy (non-hydrogen) atoms. The van der Waals surface area contributed by atoms with Crippen LogP contribution in [0.25, 0.3) is 0 Å². The van der Waals surface area contributed by atoms with E-state index in [0.717, 1.165) is 12.8 Å². The van der Waals surface area contributed by atoms with Gasteiger partial charge in [0, 0.05) is 5.92 Å². The molecule has 1 saturated carbocycles. The zero-order valence-corrected chi connectivity index (χ0v) is 7.49. The van der Waals surface area contributed by atoms with Crippen molar-refractivity contribution in [1.82, 2.24) is 0 Å². The number of hydrogen-bond donors (Lipinski definition) is 0. The number of hydrogen-bond acceptors (Lipinski definition) is 2. The molecule has 0 amide bonds. The molecule has 0 radical (unpaired) electrons. The van der Waals surface area contributed by atoms with Crippen LogP contribution in [0.1, 0.15) is 32.6 Å². The van der Waals surface area contributed by atoms with Crippen LogP contribution in [-0.2, 0) is 0 Å². The topological polar surface area (TPSA) is 35.4 Å². The Hall–Kier alpha value is 0.0600. The fourth-order valence-electron chi connectivity index (χ4n) is 1.58. The van der Waals surface area contributed by atoms with E-state index in [0.29, 0.717) is 5.92 Å². The van der Waals surface area contributed by atoms with Crippen molar-refractivity contribution in [3.05, 3.63) is 0 Å². The van der Waals surface area contributed by atoms with Crippen molar-refractivity contribution in [2.75, 3.05) is 0 Å². The minimum atomic E-state index is -0.900. The van der Waals surface area contributed by atoms with Crippen molar-refractivity contribution in [3.63, 3.8) is 0 Å². The summed E-state index contributed by atoms with van der Waals surface area (Å²) >= 11 is 0. The maximum Gasteiger partial charge on any atom is 0.0576 e. The summed E-state index contributed by atoms with van der Waals surface area (Å²) in [5.41, 5.74) is 1.22. The fraction of sp³-hybridized carbons (Fsp3) is 0.857. The Morgan fingerprint density at radius 1 is 1.80 bits per heavy atom. The molecule has 1 fully saturated rings. The highest BCUT2D eigenvalue weighted by Crippen LogP contribution is 2.26. The molecule has 1 aliphatic carbocycles. The third-order valence-corrected chi connectivity index (χ3v) is 2.61. The Labute approximate surface area is 63.7 Å². The lowest BCUT2D eigenvalue weighted by Crippen LogP contribution is -2.04. The summed E-state index contributed by atoms with van der Waals surface area (Å²) in [6.45, 7) is 2.17. The first kappa shape index (κ1) is 8.16. The van der Waals surface area contributed by atoms with E-state index in [1.54, 1.807) is 0 Å². The molecule has 58 valence electrons. The Kier molecular flexibility index (Phi) is 3.30. The van der Waals surface area contributed by atoms with Gasteiger partial charge in [-0.25, -0.2) is 0 Å². The molecule has 0 N–H and O–H groups in total. The van der Waals surface area contributed by atoms with Gasteiger partial charge in [-0.15, -0.1) is 4.76 Å². The highest BCUT2D eigenvalue weighted by atomic mass is 31.1. The van der Waals surface area contributed by atoms with Crippen molar-refractivity contribution < 1.29 is 4.89 Å². The second kappa shape index (κ2) is 4.05. The van der Waals surface area contributed by atoms with Crippen LogP contribution >= 0.6 is 8.96 Å². The predicted molar refractivity (Wildman–Crippen MR) is 44.8 cm³/mol. The zero-order chi connectivity index (χ0) is 7.40. The molecule has 0 aromatic carbocycles. The smallest absolute Gasteiger partial charge is 0.0576 e. The molecular formula is C7H14NOP. The van der Waals surface area contributed by atoms with Crippen LogP contribution in [0.4, 0.5) is 0 Å². The second-order valence-corrected chi connectivity index (χ2v) is 3.19. The summed E-state index contributed by atoms with van der Waals surface area (Å²) in [5.74, 6) is 0.654. The maximum absolute atomic E-state index is 10.2. The largest absolute Gasteiger partial charge is 0.663 e. The van der Waals surface area contributed by atoms with Gasteiger partial charge in [0.05, 0.1) is 14.7 Å². The van der Waals surface area contributed by atoms with Gasteiger partial charge >= 0.3 is 0 Å². The van der Waals surface area contributed by atoms with Gasteiger partial charge in [0.25, 0.3) is 0 Å². The van der Waals surface area contributed by atoms with Crippen LogP contribution in [-0.4, -0.2) is 5.71 Å². The molecule has 0 heterocycles. The van der Waals surface area contributed by atoms with Crippen LogP contribution in [0.3, 0.4) is 0 Å². The SMILES string of the molecule is CCC1CCCC1=N[PH2+][O-]. The summed E-state index contributed by atoms with van der Waals surface area (Å²) in [6.07, 6.45) is 4.76. The summed E-state index contributed by atoms with van der Waals surface area (Å²) in [6, 6.07) is 0.